The molecular weight excluding hydrogens is 357 g/mol. The zero-order chi connectivity index (χ0) is 14.3. The number of hydrogen-bond donors (Lipinski definition) is 1. The summed E-state index contributed by atoms with van der Waals surface area (Å²) in [5.41, 5.74) is 0.454. The molecule has 5 heteroatoms. The molecule has 0 radical (unpaired) electrons. The number of halogens is 1. The predicted molar refractivity (Wildman–Crippen MR) is 82.0 cm³/mol. The molecule has 0 aliphatic carbocycles. The standard InChI is InChI=1S/C14H18INO3/c1-3-12(4-2)16-13(17)9-19-14(18)10-5-7-11(15)8-6-10/h5-8,12H,3-4,9H2,1-2H3,(H,16,17). The summed E-state index contributed by atoms with van der Waals surface area (Å²) in [7, 11) is 0. The maximum Gasteiger partial charge on any atom is 0.338 e. The number of amides is 1. The van der Waals surface area contributed by atoms with Gasteiger partial charge in [-0.25, -0.2) is 4.79 Å². The van der Waals surface area contributed by atoms with Crippen molar-refractivity contribution < 1.29 is 14.3 Å². The third kappa shape index (κ3) is 5.59. The molecule has 1 aromatic rings. The Bertz CT molecular complexity index is 427. The summed E-state index contributed by atoms with van der Waals surface area (Å²) >= 11 is 2.16. The van der Waals surface area contributed by atoms with Crippen molar-refractivity contribution >= 4 is 34.5 Å². The van der Waals surface area contributed by atoms with Gasteiger partial charge in [0.2, 0.25) is 0 Å². The Labute approximate surface area is 127 Å². The molecule has 4 nitrogen and oxygen atoms in total. The molecule has 1 aromatic carbocycles. The van der Waals surface area contributed by atoms with E-state index in [1.807, 2.05) is 26.0 Å². The van der Waals surface area contributed by atoms with E-state index < -0.39 is 5.97 Å². The van der Waals surface area contributed by atoms with Crippen molar-refractivity contribution in [3.8, 4) is 0 Å². The number of rotatable bonds is 6. The van der Waals surface area contributed by atoms with Crippen LogP contribution in [-0.2, 0) is 9.53 Å². The van der Waals surface area contributed by atoms with Crippen molar-refractivity contribution in [1.82, 2.24) is 5.32 Å². The van der Waals surface area contributed by atoms with Crippen molar-refractivity contribution in [1.29, 1.82) is 0 Å². The number of carbonyl (C=O) groups excluding carboxylic acids is 2. The van der Waals surface area contributed by atoms with Crippen molar-refractivity contribution in [3.63, 3.8) is 0 Å². The molecule has 0 bridgehead atoms. The highest BCUT2D eigenvalue weighted by atomic mass is 127. The van der Waals surface area contributed by atoms with Crippen molar-refractivity contribution in [2.75, 3.05) is 6.61 Å². The lowest BCUT2D eigenvalue weighted by Gasteiger charge is -2.14. The van der Waals surface area contributed by atoms with Gasteiger partial charge in [-0.2, -0.15) is 0 Å². The predicted octanol–water partition coefficient (Wildman–Crippen LogP) is 2.75. The van der Waals surface area contributed by atoms with Crippen LogP contribution in [0.1, 0.15) is 37.0 Å². The van der Waals surface area contributed by atoms with Crippen LogP contribution in [0.4, 0.5) is 0 Å². The summed E-state index contributed by atoms with van der Waals surface area (Å²) in [6.07, 6.45) is 1.74. The molecule has 0 aliphatic rings. The molecule has 1 amide bonds. The van der Waals surface area contributed by atoms with E-state index in [0.29, 0.717) is 5.56 Å². The van der Waals surface area contributed by atoms with Crippen LogP contribution in [0.2, 0.25) is 0 Å². The molecule has 0 fully saturated rings. The number of ether oxygens (including phenoxy) is 1. The van der Waals surface area contributed by atoms with Gasteiger partial charge < -0.3 is 10.1 Å². The lowest BCUT2D eigenvalue weighted by molar-refractivity contribution is -0.125. The first-order chi connectivity index (χ1) is 9.06. The highest BCUT2D eigenvalue weighted by molar-refractivity contribution is 14.1. The Balaban J connectivity index is 2.41. The lowest BCUT2D eigenvalue weighted by Crippen LogP contribution is -2.36. The van der Waals surface area contributed by atoms with Crippen LogP contribution < -0.4 is 5.32 Å². The van der Waals surface area contributed by atoms with E-state index in [1.165, 1.54) is 0 Å². The Morgan fingerprint density at radius 1 is 1.21 bits per heavy atom. The number of hydrogen-bond acceptors (Lipinski definition) is 3. The molecule has 0 aliphatic heterocycles. The fourth-order valence-electron chi connectivity index (χ4n) is 1.56. The van der Waals surface area contributed by atoms with E-state index in [0.717, 1.165) is 16.4 Å². The first-order valence-electron chi connectivity index (χ1n) is 6.28. The van der Waals surface area contributed by atoms with Crippen LogP contribution in [-0.4, -0.2) is 24.5 Å². The van der Waals surface area contributed by atoms with Crippen molar-refractivity contribution in [3.05, 3.63) is 33.4 Å². The SMILES string of the molecule is CCC(CC)NC(=O)COC(=O)c1ccc(I)cc1. The molecule has 0 unspecified atom stereocenters. The fourth-order valence-corrected chi connectivity index (χ4v) is 1.92. The van der Waals surface area contributed by atoms with E-state index in [1.54, 1.807) is 12.1 Å². The van der Waals surface area contributed by atoms with Crippen LogP contribution in [0.15, 0.2) is 24.3 Å². The number of esters is 1. The van der Waals surface area contributed by atoms with E-state index in [9.17, 15) is 9.59 Å². The average Bonchev–Trinajstić information content (AvgIpc) is 2.43. The minimum atomic E-state index is -0.476. The smallest absolute Gasteiger partial charge is 0.338 e. The normalized spacial score (nSPS) is 10.3. The maximum absolute atomic E-state index is 11.7. The van der Waals surface area contributed by atoms with Crippen LogP contribution in [0.5, 0.6) is 0 Å². The van der Waals surface area contributed by atoms with Crippen molar-refractivity contribution in [2.45, 2.75) is 32.7 Å². The van der Waals surface area contributed by atoms with Crippen LogP contribution >= 0.6 is 22.6 Å². The lowest BCUT2D eigenvalue weighted by atomic mass is 10.2. The molecular formula is C14H18INO3. The van der Waals surface area contributed by atoms with Gasteiger partial charge in [-0.3, -0.25) is 4.79 Å². The number of benzene rings is 1. The summed E-state index contributed by atoms with van der Waals surface area (Å²) in [4.78, 5) is 23.3. The summed E-state index contributed by atoms with van der Waals surface area (Å²) in [5.74, 6) is -0.733. The quantitative estimate of drug-likeness (QED) is 0.615. The topological polar surface area (TPSA) is 55.4 Å². The molecule has 0 saturated carbocycles. The molecule has 0 atom stereocenters. The zero-order valence-electron chi connectivity index (χ0n) is 11.1. The average molecular weight is 375 g/mol. The van der Waals surface area contributed by atoms with E-state index in [2.05, 4.69) is 27.9 Å². The largest absolute Gasteiger partial charge is 0.452 e. The molecule has 0 saturated heterocycles. The summed E-state index contributed by atoms with van der Waals surface area (Å²) < 4.78 is 6.01. The maximum atomic E-state index is 11.7. The minimum absolute atomic E-state index is 0.143. The molecule has 1 N–H and O–H groups in total. The van der Waals surface area contributed by atoms with Gasteiger partial charge in [-0.1, -0.05) is 13.8 Å². The number of nitrogens with one attached hydrogen (secondary N) is 1. The molecule has 19 heavy (non-hydrogen) atoms. The van der Waals surface area contributed by atoms with Gasteiger partial charge >= 0.3 is 5.97 Å². The van der Waals surface area contributed by atoms with E-state index in [-0.39, 0.29) is 18.6 Å². The molecule has 0 spiro atoms. The minimum Gasteiger partial charge on any atom is -0.452 e. The molecule has 0 heterocycles. The van der Waals surface area contributed by atoms with Gasteiger partial charge in [-0.05, 0) is 59.7 Å². The third-order valence-electron chi connectivity index (χ3n) is 2.76. The second-order valence-electron chi connectivity index (χ2n) is 4.16. The van der Waals surface area contributed by atoms with Gasteiger partial charge in [0.15, 0.2) is 6.61 Å². The van der Waals surface area contributed by atoms with Crippen LogP contribution in [0, 0.1) is 3.57 Å². The van der Waals surface area contributed by atoms with E-state index >= 15 is 0 Å². The second kappa shape index (κ2) is 8.14. The van der Waals surface area contributed by atoms with E-state index in [4.69, 9.17) is 4.74 Å². The Morgan fingerprint density at radius 2 is 1.79 bits per heavy atom. The van der Waals surface area contributed by atoms with Crippen molar-refractivity contribution in [2.24, 2.45) is 0 Å². The second-order valence-corrected chi connectivity index (χ2v) is 5.41. The van der Waals surface area contributed by atoms with Gasteiger partial charge in [0.25, 0.3) is 5.91 Å². The molecule has 1 rings (SSSR count). The Hall–Kier alpha value is -1.11. The first kappa shape index (κ1) is 15.9. The van der Waals surface area contributed by atoms with Gasteiger partial charge in [0, 0.05) is 9.61 Å². The highest BCUT2D eigenvalue weighted by Gasteiger charge is 2.12. The summed E-state index contributed by atoms with van der Waals surface area (Å²) in [5, 5.41) is 2.81. The van der Waals surface area contributed by atoms with Crippen LogP contribution in [0.3, 0.4) is 0 Å². The van der Waals surface area contributed by atoms with Gasteiger partial charge in [0.1, 0.15) is 0 Å². The van der Waals surface area contributed by atoms with Gasteiger partial charge in [-0.15, -0.1) is 0 Å². The summed E-state index contributed by atoms with van der Waals surface area (Å²) in [6.45, 7) is 3.78. The summed E-state index contributed by atoms with van der Waals surface area (Å²) in [6, 6.07) is 7.15. The third-order valence-corrected chi connectivity index (χ3v) is 3.48. The van der Waals surface area contributed by atoms with Gasteiger partial charge in [0.05, 0.1) is 5.56 Å². The molecule has 0 aromatic heterocycles. The number of carbonyl (C=O) groups is 2. The Kier molecular flexibility index (Phi) is 6.83. The zero-order valence-corrected chi connectivity index (χ0v) is 13.3. The van der Waals surface area contributed by atoms with Crippen LogP contribution in [0.25, 0.3) is 0 Å². The highest BCUT2D eigenvalue weighted by Crippen LogP contribution is 2.07. The molecule has 104 valence electrons. The first-order valence-corrected chi connectivity index (χ1v) is 7.36. The monoisotopic (exact) mass is 375 g/mol. The fraction of sp³-hybridized carbons (Fsp3) is 0.429. The Morgan fingerprint density at radius 3 is 2.32 bits per heavy atom.